The SMILES string of the molecule is COc1ccc(N2C(=O)N([C@@H]3CC[C@@H](O)C3)c3nc(Nc4ccccc4)ncc3C2C)cc1. The number of nitrogens with one attached hydrogen (secondary N) is 1. The van der Waals surface area contributed by atoms with Gasteiger partial charge in [-0.3, -0.25) is 9.80 Å². The summed E-state index contributed by atoms with van der Waals surface area (Å²) in [6.07, 6.45) is 3.30. The average molecular weight is 446 g/mol. The lowest BCUT2D eigenvalue weighted by Gasteiger charge is -2.42. The highest BCUT2D eigenvalue weighted by atomic mass is 16.5. The van der Waals surface area contributed by atoms with E-state index < -0.39 is 6.10 Å². The number of urea groups is 1. The van der Waals surface area contributed by atoms with E-state index in [1.54, 1.807) is 23.1 Å². The molecule has 0 radical (unpaired) electrons. The van der Waals surface area contributed by atoms with E-state index in [9.17, 15) is 9.90 Å². The maximum Gasteiger partial charge on any atom is 0.330 e. The molecular formula is C25H27N5O3. The Morgan fingerprint density at radius 2 is 1.82 bits per heavy atom. The molecule has 8 heteroatoms. The van der Waals surface area contributed by atoms with Crippen LogP contribution >= 0.6 is 0 Å². The molecule has 2 aromatic carbocycles. The topological polar surface area (TPSA) is 90.8 Å². The number of nitrogens with zero attached hydrogens (tertiary/aromatic N) is 4. The zero-order chi connectivity index (χ0) is 22.9. The quantitative estimate of drug-likeness (QED) is 0.594. The van der Waals surface area contributed by atoms with Crippen LogP contribution in [0.4, 0.5) is 27.9 Å². The second-order valence-corrected chi connectivity index (χ2v) is 8.48. The number of aliphatic hydroxyl groups is 1. The molecule has 0 spiro atoms. The molecular weight excluding hydrogens is 418 g/mol. The van der Waals surface area contributed by atoms with Crippen LogP contribution in [-0.2, 0) is 0 Å². The van der Waals surface area contributed by atoms with Gasteiger partial charge < -0.3 is 15.2 Å². The molecule has 2 heterocycles. The fraction of sp³-hybridized carbons (Fsp3) is 0.320. The Labute approximate surface area is 192 Å². The molecule has 170 valence electrons. The van der Waals surface area contributed by atoms with Crippen LogP contribution < -0.4 is 19.9 Å². The zero-order valence-corrected chi connectivity index (χ0v) is 18.7. The molecule has 1 aliphatic heterocycles. The van der Waals surface area contributed by atoms with E-state index in [1.807, 2.05) is 61.5 Å². The molecule has 1 saturated carbocycles. The van der Waals surface area contributed by atoms with Crippen LogP contribution in [0.1, 0.15) is 37.8 Å². The van der Waals surface area contributed by atoms with Gasteiger partial charge in [0.15, 0.2) is 0 Å². The Bertz CT molecular complexity index is 1140. The summed E-state index contributed by atoms with van der Waals surface area (Å²) in [5.41, 5.74) is 2.51. The number of para-hydroxylation sites is 1. The summed E-state index contributed by atoms with van der Waals surface area (Å²) in [7, 11) is 1.62. The third-order valence-electron chi connectivity index (χ3n) is 6.40. The first-order valence-corrected chi connectivity index (χ1v) is 11.2. The number of hydrogen-bond donors (Lipinski definition) is 2. The lowest BCUT2D eigenvalue weighted by molar-refractivity contribution is 0.181. The van der Waals surface area contributed by atoms with Gasteiger partial charge in [-0.05, 0) is 62.6 Å². The molecule has 2 N–H and O–H groups in total. The van der Waals surface area contributed by atoms with Crippen molar-refractivity contribution in [3.05, 3.63) is 66.4 Å². The molecule has 5 rings (SSSR count). The Kier molecular flexibility index (Phi) is 5.60. The molecule has 1 aromatic heterocycles. The second kappa shape index (κ2) is 8.71. The van der Waals surface area contributed by atoms with E-state index in [-0.39, 0.29) is 18.1 Å². The Balaban J connectivity index is 1.56. The van der Waals surface area contributed by atoms with Crippen LogP contribution in [-0.4, -0.2) is 40.4 Å². The smallest absolute Gasteiger partial charge is 0.330 e. The van der Waals surface area contributed by atoms with Crippen LogP contribution in [0.3, 0.4) is 0 Å². The highest BCUT2D eigenvalue weighted by molar-refractivity contribution is 6.06. The van der Waals surface area contributed by atoms with Gasteiger partial charge in [0.2, 0.25) is 5.95 Å². The van der Waals surface area contributed by atoms with Crippen LogP contribution in [0, 0.1) is 0 Å². The van der Waals surface area contributed by atoms with E-state index >= 15 is 0 Å². The molecule has 2 aliphatic rings. The Morgan fingerprint density at radius 1 is 1.06 bits per heavy atom. The van der Waals surface area contributed by atoms with Gasteiger partial charge in [0.1, 0.15) is 11.6 Å². The summed E-state index contributed by atoms with van der Waals surface area (Å²) in [5, 5.41) is 13.4. The van der Waals surface area contributed by atoms with Crippen molar-refractivity contribution < 1.29 is 14.6 Å². The first-order valence-electron chi connectivity index (χ1n) is 11.2. The number of carbonyl (C=O) groups is 1. The third-order valence-corrected chi connectivity index (χ3v) is 6.40. The fourth-order valence-electron chi connectivity index (χ4n) is 4.67. The Morgan fingerprint density at radius 3 is 2.48 bits per heavy atom. The van der Waals surface area contributed by atoms with E-state index in [0.717, 1.165) is 29.1 Å². The third kappa shape index (κ3) is 3.98. The van der Waals surface area contributed by atoms with E-state index in [4.69, 9.17) is 9.72 Å². The maximum absolute atomic E-state index is 13.9. The van der Waals surface area contributed by atoms with Crippen molar-refractivity contribution in [1.82, 2.24) is 9.97 Å². The normalized spacial score (nSPS) is 22.3. The van der Waals surface area contributed by atoms with Gasteiger partial charge in [0.05, 0.1) is 19.3 Å². The van der Waals surface area contributed by atoms with Crippen molar-refractivity contribution in [2.45, 2.75) is 44.4 Å². The predicted molar refractivity (Wildman–Crippen MR) is 127 cm³/mol. The predicted octanol–water partition coefficient (Wildman–Crippen LogP) is 4.65. The largest absolute Gasteiger partial charge is 0.497 e. The van der Waals surface area contributed by atoms with Gasteiger partial charge in [-0.2, -0.15) is 4.98 Å². The first kappa shape index (κ1) is 21.2. The summed E-state index contributed by atoms with van der Waals surface area (Å²) in [6.45, 7) is 1.98. The molecule has 1 fully saturated rings. The number of methoxy groups -OCH3 is 1. The standard InChI is InChI=1S/C25H27N5O3/c1-16-22-15-26-24(27-17-6-4-3-5-7-17)28-23(22)30(19-8-11-20(31)14-19)25(32)29(16)18-9-12-21(33-2)13-10-18/h3-7,9-10,12-13,15-16,19-20,31H,8,11,14H2,1-2H3,(H,26,27,28)/t16?,19-,20-/m1/s1. The number of rotatable bonds is 5. The molecule has 3 aromatic rings. The van der Waals surface area contributed by atoms with E-state index in [1.165, 1.54) is 0 Å². The monoisotopic (exact) mass is 445 g/mol. The molecule has 1 aliphatic carbocycles. The molecule has 3 atom stereocenters. The van der Waals surface area contributed by atoms with Crippen molar-refractivity contribution in [1.29, 1.82) is 0 Å². The fourth-order valence-corrected chi connectivity index (χ4v) is 4.67. The number of amides is 2. The van der Waals surface area contributed by atoms with Crippen molar-refractivity contribution in [2.24, 2.45) is 0 Å². The molecule has 0 bridgehead atoms. The highest BCUT2D eigenvalue weighted by Crippen LogP contribution is 2.42. The minimum absolute atomic E-state index is 0.126. The first-order chi connectivity index (χ1) is 16.0. The van der Waals surface area contributed by atoms with E-state index in [2.05, 4.69) is 10.3 Å². The van der Waals surface area contributed by atoms with Gasteiger partial charge in [0.25, 0.3) is 0 Å². The summed E-state index contributed by atoms with van der Waals surface area (Å²) >= 11 is 0. The van der Waals surface area contributed by atoms with Gasteiger partial charge in [-0.1, -0.05) is 18.2 Å². The van der Waals surface area contributed by atoms with Gasteiger partial charge in [0, 0.05) is 29.2 Å². The Hall–Kier alpha value is -3.65. The number of anilines is 4. The molecule has 1 unspecified atom stereocenters. The minimum Gasteiger partial charge on any atom is -0.497 e. The number of aliphatic hydroxyl groups excluding tert-OH is 1. The number of fused-ring (bicyclic) bond motifs is 1. The summed E-state index contributed by atoms with van der Waals surface area (Å²) in [6, 6.07) is 16.6. The maximum atomic E-state index is 13.9. The number of carbonyl (C=O) groups excluding carboxylic acids is 1. The summed E-state index contributed by atoms with van der Waals surface area (Å²) in [5.74, 6) is 1.76. The average Bonchev–Trinajstić information content (AvgIpc) is 3.26. The van der Waals surface area contributed by atoms with Crippen molar-refractivity contribution >= 4 is 29.2 Å². The molecule has 8 nitrogen and oxygen atoms in total. The minimum atomic E-state index is -0.413. The molecule has 2 amide bonds. The molecule has 0 saturated heterocycles. The van der Waals surface area contributed by atoms with Crippen LogP contribution in [0.2, 0.25) is 0 Å². The number of benzene rings is 2. The van der Waals surface area contributed by atoms with Crippen LogP contribution in [0.15, 0.2) is 60.8 Å². The summed E-state index contributed by atoms with van der Waals surface area (Å²) < 4.78 is 5.27. The lowest BCUT2D eigenvalue weighted by atomic mass is 10.0. The van der Waals surface area contributed by atoms with Crippen molar-refractivity contribution in [3.63, 3.8) is 0 Å². The molecule has 33 heavy (non-hydrogen) atoms. The van der Waals surface area contributed by atoms with Crippen molar-refractivity contribution in [3.8, 4) is 5.75 Å². The number of ether oxygens (including phenoxy) is 1. The van der Waals surface area contributed by atoms with Crippen LogP contribution in [0.5, 0.6) is 5.75 Å². The summed E-state index contributed by atoms with van der Waals surface area (Å²) in [4.78, 5) is 26.7. The van der Waals surface area contributed by atoms with Gasteiger partial charge in [-0.15, -0.1) is 0 Å². The van der Waals surface area contributed by atoms with E-state index in [0.29, 0.717) is 24.6 Å². The second-order valence-electron chi connectivity index (χ2n) is 8.48. The lowest BCUT2D eigenvalue weighted by Crippen LogP contribution is -2.53. The van der Waals surface area contributed by atoms with Crippen LogP contribution in [0.25, 0.3) is 0 Å². The van der Waals surface area contributed by atoms with Gasteiger partial charge in [-0.25, -0.2) is 9.78 Å². The van der Waals surface area contributed by atoms with Gasteiger partial charge >= 0.3 is 6.03 Å². The van der Waals surface area contributed by atoms with Crippen molar-refractivity contribution in [2.75, 3.05) is 22.2 Å². The number of hydrogen-bond acceptors (Lipinski definition) is 6. The highest BCUT2D eigenvalue weighted by Gasteiger charge is 2.43. The zero-order valence-electron chi connectivity index (χ0n) is 18.7. The number of aromatic nitrogens is 2.